The predicted octanol–water partition coefficient (Wildman–Crippen LogP) is 2.33. The third kappa shape index (κ3) is 5.70. The van der Waals surface area contributed by atoms with Crippen LogP contribution in [0.15, 0.2) is 6.20 Å². The van der Waals surface area contributed by atoms with Gasteiger partial charge in [-0.2, -0.15) is 4.98 Å². The number of hydrogen-bond acceptors (Lipinski definition) is 5. The van der Waals surface area contributed by atoms with Crippen LogP contribution in [0.25, 0.3) is 0 Å². The quantitative estimate of drug-likeness (QED) is 0.553. The van der Waals surface area contributed by atoms with Crippen molar-refractivity contribution < 1.29 is 4.74 Å². The summed E-state index contributed by atoms with van der Waals surface area (Å²) in [7, 11) is 0. The van der Waals surface area contributed by atoms with Crippen LogP contribution < -0.4 is 11.1 Å². The maximum absolute atomic E-state index is 5.69. The van der Waals surface area contributed by atoms with Gasteiger partial charge in [0.1, 0.15) is 0 Å². The Bertz CT molecular complexity index is 335. The molecule has 96 valence electrons. The molecule has 0 bridgehead atoms. The first-order valence-electron chi connectivity index (χ1n) is 5.83. The summed E-state index contributed by atoms with van der Waals surface area (Å²) in [6.45, 7) is 4.47. The van der Waals surface area contributed by atoms with Gasteiger partial charge in [0.15, 0.2) is 5.82 Å². The summed E-state index contributed by atoms with van der Waals surface area (Å²) < 4.78 is 5.44. The van der Waals surface area contributed by atoms with Crippen molar-refractivity contribution in [3.05, 3.63) is 11.5 Å². The molecule has 0 aliphatic rings. The number of aromatic nitrogens is 2. The SMILES string of the molecule is CCCCOCCCNc1nc(Cl)ncc1N. The van der Waals surface area contributed by atoms with Gasteiger partial charge in [0, 0.05) is 19.8 Å². The summed E-state index contributed by atoms with van der Waals surface area (Å²) in [5.41, 5.74) is 6.19. The standard InChI is InChI=1S/C11H19ClN4O/c1-2-3-6-17-7-4-5-14-10-9(13)8-15-11(12)16-10/h8H,2-7,13H2,1H3,(H,14,15,16). The van der Waals surface area contributed by atoms with Gasteiger partial charge in [0.2, 0.25) is 5.28 Å². The van der Waals surface area contributed by atoms with Crippen LogP contribution in [0.3, 0.4) is 0 Å². The molecule has 0 saturated heterocycles. The van der Waals surface area contributed by atoms with Gasteiger partial charge in [-0.3, -0.25) is 0 Å². The van der Waals surface area contributed by atoms with Gasteiger partial charge in [0.05, 0.1) is 11.9 Å². The molecule has 0 atom stereocenters. The lowest BCUT2D eigenvalue weighted by atomic mass is 10.3. The Hall–Kier alpha value is -1.07. The molecule has 0 saturated carbocycles. The molecule has 1 aromatic heterocycles. The highest BCUT2D eigenvalue weighted by atomic mass is 35.5. The van der Waals surface area contributed by atoms with Crippen molar-refractivity contribution in [1.29, 1.82) is 0 Å². The fraction of sp³-hybridized carbons (Fsp3) is 0.636. The van der Waals surface area contributed by atoms with E-state index in [9.17, 15) is 0 Å². The zero-order chi connectivity index (χ0) is 12.5. The molecule has 0 aliphatic heterocycles. The van der Waals surface area contributed by atoms with E-state index in [1.807, 2.05) is 0 Å². The topological polar surface area (TPSA) is 73.1 Å². The number of hydrogen-bond donors (Lipinski definition) is 2. The van der Waals surface area contributed by atoms with Gasteiger partial charge < -0.3 is 15.8 Å². The van der Waals surface area contributed by atoms with E-state index in [2.05, 4.69) is 22.2 Å². The Morgan fingerprint density at radius 3 is 2.94 bits per heavy atom. The number of nitrogens with zero attached hydrogens (tertiary/aromatic N) is 2. The molecule has 0 fully saturated rings. The highest BCUT2D eigenvalue weighted by molar-refractivity contribution is 6.28. The number of nitrogens with one attached hydrogen (secondary N) is 1. The van der Waals surface area contributed by atoms with Crippen molar-refractivity contribution >= 4 is 23.1 Å². The number of unbranched alkanes of at least 4 members (excludes halogenated alkanes) is 1. The van der Waals surface area contributed by atoms with E-state index in [1.54, 1.807) is 0 Å². The zero-order valence-electron chi connectivity index (χ0n) is 10.1. The average molecular weight is 259 g/mol. The minimum Gasteiger partial charge on any atom is -0.394 e. The molecule has 1 rings (SSSR count). The molecule has 5 nitrogen and oxygen atoms in total. The van der Waals surface area contributed by atoms with Crippen molar-refractivity contribution in [3.63, 3.8) is 0 Å². The van der Waals surface area contributed by atoms with Crippen LogP contribution in [-0.2, 0) is 4.74 Å². The first kappa shape index (κ1) is 14.0. The summed E-state index contributed by atoms with van der Waals surface area (Å²) in [4.78, 5) is 7.78. The van der Waals surface area contributed by atoms with Crippen molar-refractivity contribution in [2.75, 3.05) is 30.8 Å². The van der Waals surface area contributed by atoms with E-state index in [0.29, 0.717) is 11.5 Å². The third-order valence-electron chi connectivity index (χ3n) is 2.19. The molecule has 0 radical (unpaired) electrons. The van der Waals surface area contributed by atoms with E-state index in [1.165, 1.54) is 6.20 Å². The van der Waals surface area contributed by atoms with Gasteiger partial charge in [-0.1, -0.05) is 13.3 Å². The smallest absolute Gasteiger partial charge is 0.224 e. The average Bonchev–Trinajstić information content (AvgIpc) is 2.32. The number of halogens is 1. The molecule has 0 unspecified atom stereocenters. The summed E-state index contributed by atoms with van der Waals surface area (Å²) in [6.07, 6.45) is 4.68. The number of nitrogen functional groups attached to an aromatic ring is 1. The molecule has 6 heteroatoms. The van der Waals surface area contributed by atoms with E-state index < -0.39 is 0 Å². The second-order valence-electron chi connectivity index (χ2n) is 3.69. The second kappa shape index (κ2) is 8.08. The van der Waals surface area contributed by atoms with Crippen molar-refractivity contribution in [2.45, 2.75) is 26.2 Å². The van der Waals surface area contributed by atoms with Crippen molar-refractivity contribution in [1.82, 2.24) is 9.97 Å². The molecule has 1 aromatic rings. The molecule has 3 N–H and O–H groups in total. The monoisotopic (exact) mass is 258 g/mol. The lowest BCUT2D eigenvalue weighted by molar-refractivity contribution is 0.131. The van der Waals surface area contributed by atoms with E-state index in [4.69, 9.17) is 22.1 Å². The van der Waals surface area contributed by atoms with Crippen LogP contribution >= 0.6 is 11.6 Å². The molecule has 17 heavy (non-hydrogen) atoms. The minimum absolute atomic E-state index is 0.195. The first-order chi connectivity index (χ1) is 8.24. The van der Waals surface area contributed by atoms with Crippen LogP contribution in [0.5, 0.6) is 0 Å². The summed E-state index contributed by atoms with van der Waals surface area (Å²) >= 11 is 5.67. The number of rotatable bonds is 8. The highest BCUT2D eigenvalue weighted by Crippen LogP contribution is 2.15. The Morgan fingerprint density at radius 1 is 1.41 bits per heavy atom. The van der Waals surface area contributed by atoms with Crippen LogP contribution in [0.2, 0.25) is 5.28 Å². The predicted molar refractivity (Wildman–Crippen MR) is 70.3 cm³/mol. The molecule has 1 heterocycles. The zero-order valence-corrected chi connectivity index (χ0v) is 10.8. The lowest BCUT2D eigenvalue weighted by Crippen LogP contribution is -2.09. The molecule has 0 aromatic carbocycles. The van der Waals surface area contributed by atoms with E-state index >= 15 is 0 Å². The van der Waals surface area contributed by atoms with Crippen LogP contribution in [-0.4, -0.2) is 29.7 Å². The summed E-state index contributed by atoms with van der Waals surface area (Å²) in [5, 5.41) is 3.30. The Balaban J connectivity index is 2.15. The fourth-order valence-corrected chi connectivity index (χ4v) is 1.37. The van der Waals surface area contributed by atoms with Gasteiger partial charge in [0.25, 0.3) is 0 Å². The Kier molecular flexibility index (Phi) is 6.65. The Morgan fingerprint density at radius 2 is 2.18 bits per heavy atom. The number of anilines is 2. The molecule has 0 spiro atoms. The van der Waals surface area contributed by atoms with E-state index in [-0.39, 0.29) is 5.28 Å². The summed E-state index contributed by atoms with van der Waals surface area (Å²) in [6, 6.07) is 0. The molecule has 0 aliphatic carbocycles. The maximum atomic E-state index is 5.69. The molecular weight excluding hydrogens is 240 g/mol. The molecule has 0 amide bonds. The van der Waals surface area contributed by atoms with Crippen LogP contribution in [0.4, 0.5) is 11.5 Å². The normalized spacial score (nSPS) is 10.5. The van der Waals surface area contributed by atoms with Gasteiger partial charge >= 0.3 is 0 Å². The lowest BCUT2D eigenvalue weighted by Gasteiger charge is -2.08. The highest BCUT2D eigenvalue weighted by Gasteiger charge is 2.01. The van der Waals surface area contributed by atoms with Gasteiger partial charge in [-0.25, -0.2) is 4.98 Å². The second-order valence-corrected chi connectivity index (χ2v) is 4.03. The first-order valence-corrected chi connectivity index (χ1v) is 6.21. The minimum atomic E-state index is 0.195. The van der Waals surface area contributed by atoms with Crippen molar-refractivity contribution in [3.8, 4) is 0 Å². The fourth-order valence-electron chi connectivity index (χ4n) is 1.24. The number of ether oxygens (including phenoxy) is 1. The van der Waals surface area contributed by atoms with Crippen LogP contribution in [0.1, 0.15) is 26.2 Å². The Labute approximate surface area is 107 Å². The maximum Gasteiger partial charge on any atom is 0.224 e. The van der Waals surface area contributed by atoms with E-state index in [0.717, 1.165) is 39.0 Å². The van der Waals surface area contributed by atoms with Gasteiger partial charge in [-0.15, -0.1) is 0 Å². The third-order valence-corrected chi connectivity index (χ3v) is 2.37. The van der Waals surface area contributed by atoms with Gasteiger partial charge in [-0.05, 0) is 24.4 Å². The summed E-state index contributed by atoms with van der Waals surface area (Å²) in [5.74, 6) is 0.582. The molecular formula is C11H19ClN4O. The number of nitrogens with two attached hydrogens (primary N) is 1. The largest absolute Gasteiger partial charge is 0.394 e. The van der Waals surface area contributed by atoms with Crippen LogP contribution in [0, 0.1) is 0 Å². The van der Waals surface area contributed by atoms with Crippen molar-refractivity contribution in [2.24, 2.45) is 0 Å².